The highest BCUT2D eigenvalue weighted by atomic mass is 19.1. The van der Waals surface area contributed by atoms with E-state index in [4.69, 9.17) is 5.73 Å². The van der Waals surface area contributed by atoms with E-state index in [0.29, 0.717) is 0 Å². The molecule has 0 atom stereocenters. The Kier molecular flexibility index (Phi) is 4.85. The fourth-order valence-corrected chi connectivity index (χ4v) is 2.94. The molecular formula is C17H23FN4. The summed E-state index contributed by atoms with van der Waals surface area (Å²) in [4.78, 5) is 9.46. The summed E-state index contributed by atoms with van der Waals surface area (Å²) in [6.45, 7) is 6.02. The third kappa shape index (κ3) is 3.54. The van der Waals surface area contributed by atoms with Crippen LogP contribution in [0.3, 0.4) is 0 Å². The maximum absolute atomic E-state index is 13.2. The van der Waals surface area contributed by atoms with E-state index in [1.165, 1.54) is 18.6 Å². The van der Waals surface area contributed by atoms with Crippen molar-refractivity contribution in [3.63, 3.8) is 0 Å². The Hall–Kier alpha value is -1.72. The van der Waals surface area contributed by atoms with Gasteiger partial charge in [-0.1, -0.05) is 0 Å². The van der Waals surface area contributed by atoms with E-state index in [2.05, 4.69) is 14.8 Å². The van der Waals surface area contributed by atoms with Crippen molar-refractivity contribution in [3.05, 3.63) is 36.1 Å². The first kappa shape index (κ1) is 15.2. The van der Waals surface area contributed by atoms with Gasteiger partial charge in [0.2, 0.25) is 0 Å². The zero-order chi connectivity index (χ0) is 15.4. The monoisotopic (exact) mass is 302 g/mol. The quantitative estimate of drug-likeness (QED) is 0.860. The van der Waals surface area contributed by atoms with Crippen molar-refractivity contribution in [2.24, 2.45) is 5.73 Å². The number of nitrogens with two attached hydrogens (primary N) is 1. The Morgan fingerprint density at radius 2 is 1.86 bits per heavy atom. The number of hydrogen-bond acceptors (Lipinski definition) is 4. The van der Waals surface area contributed by atoms with Crippen molar-refractivity contribution in [3.8, 4) is 0 Å². The fourth-order valence-electron chi connectivity index (χ4n) is 2.94. The van der Waals surface area contributed by atoms with Gasteiger partial charge in [0.25, 0.3) is 0 Å². The van der Waals surface area contributed by atoms with E-state index in [-0.39, 0.29) is 5.82 Å². The van der Waals surface area contributed by atoms with Crippen LogP contribution in [0.1, 0.15) is 12.8 Å². The van der Waals surface area contributed by atoms with Crippen LogP contribution in [0.4, 0.5) is 10.2 Å². The molecule has 1 aliphatic heterocycles. The number of nitrogens with zero attached hydrogens (tertiary/aromatic N) is 3. The molecule has 0 unspecified atom stereocenters. The normalized spacial score (nSPS) is 16.4. The Labute approximate surface area is 130 Å². The number of rotatable bonds is 5. The minimum atomic E-state index is -0.215. The molecule has 22 heavy (non-hydrogen) atoms. The highest BCUT2D eigenvalue weighted by molar-refractivity contribution is 5.80. The number of fused-ring (bicyclic) bond motifs is 1. The minimum Gasteiger partial charge on any atom is -0.354 e. The van der Waals surface area contributed by atoms with E-state index in [1.807, 2.05) is 12.1 Å². The van der Waals surface area contributed by atoms with Crippen LogP contribution in [0.15, 0.2) is 30.3 Å². The topological polar surface area (TPSA) is 45.4 Å². The second-order valence-electron chi connectivity index (χ2n) is 5.83. The molecule has 3 rings (SSSR count). The van der Waals surface area contributed by atoms with Gasteiger partial charge in [0.05, 0.1) is 5.52 Å². The smallest absolute Gasteiger partial charge is 0.129 e. The third-order valence-corrected chi connectivity index (χ3v) is 4.26. The number of benzene rings is 1. The van der Waals surface area contributed by atoms with Gasteiger partial charge in [0.15, 0.2) is 0 Å². The summed E-state index contributed by atoms with van der Waals surface area (Å²) in [6, 6.07) is 8.69. The number of unbranched alkanes of at least 4 members (excludes halogenated alkanes) is 1. The average Bonchev–Trinajstić information content (AvgIpc) is 2.55. The van der Waals surface area contributed by atoms with Crippen molar-refractivity contribution < 1.29 is 4.39 Å². The number of hydrogen-bond donors (Lipinski definition) is 1. The zero-order valence-electron chi connectivity index (χ0n) is 12.8. The molecule has 0 spiro atoms. The largest absolute Gasteiger partial charge is 0.354 e. The standard InChI is InChI=1S/C17H23FN4/c18-15-4-5-16-14(13-15)3-6-17(20-16)22-11-9-21(10-12-22)8-2-1-7-19/h3-6,13H,1-2,7-12,19H2. The van der Waals surface area contributed by atoms with E-state index < -0.39 is 0 Å². The molecular weight excluding hydrogens is 279 g/mol. The van der Waals surface area contributed by atoms with Crippen molar-refractivity contribution in [1.29, 1.82) is 0 Å². The number of aromatic nitrogens is 1. The predicted molar refractivity (Wildman–Crippen MR) is 88.6 cm³/mol. The molecule has 1 saturated heterocycles. The van der Waals surface area contributed by atoms with Gasteiger partial charge in [-0.3, -0.25) is 4.90 Å². The molecule has 5 heteroatoms. The van der Waals surface area contributed by atoms with E-state index in [9.17, 15) is 4.39 Å². The van der Waals surface area contributed by atoms with Gasteiger partial charge >= 0.3 is 0 Å². The minimum absolute atomic E-state index is 0.215. The SMILES string of the molecule is NCCCCN1CCN(c2ccc3cc(F)ccc3n2)CC1. The number of pyridine rings is 1. The maximum Gasteiger partial charge on any atom is 0.129 e. The van der Waals surface area contributed by atoms with Crippen molar-refractivity contribution >= 4 is 16.7 Å². The lowest BCUT2D eigenvalue weighted by atomic mass is 10.2. The van der Waals surface area contributed by atoms with Gasteiger partial charge < -0.3 is 10.6 Å². The van der Waals surface area contributed by atoms with Crippen molar-refractivity contribution in [2.45, 2.75) is 12.8 Å². The molecule has 1 aliphatic rings. The van der Waals surface area contributed by atoms with Crippen LogP contribution in [0.2, 0.25) is 0 Å². The number of piperazine rings is 1. The average molecular weight is 302 g/mol. The molecule has 0 saturated carbocycles. The van der Waals surface area contributed by atoms with Gasteiger partial charge in [-0.2, -0.15) is 0 Å². The molecule has 118 valence electrons. The summed E-state index contributed by atoms with van der Waals surface area (Å²) < 4.78 is 13.2. The lowest BCUT2D eigenvalue weighted by molar-refractivity contribution is 0.253. The predicted octanol–water partition coefficient (Wildman–Crippen LogP) is 2.23. The Bertz CT molecular complexity index is 623. The molecule has 1 aromatic heterocycles. The second kappa shape index (κ2) is 7.03. The lowest BCUT2D eigenvalue weighted by Gasteiger charge is -2.35. The molecule has 4 nitrogen and oxygen atoms in total. The van der Waals surface area contributed by atoms with Gasteiger partial charge in [0.1, 0.15) is 11.6 Å². The van der Waals surface area contributed by atoms with Crippen LogP contribution in [0, 0.1) is 5.82 Å². The molecule has 2 aromatic rings. The molecule has 0 bridgehead atoms. The lowest BCUT2D eigenvalue weighted by Crippen LogP contribution is -2.47. The van der Waals surface area contributed by atoms with E-state index >= 15 is 0 Å². The fraction of sp³-hybridized carbons (Fsp3) is 0.471. The molecule has 1 fully saturated rings. The highest BCUT2D eigenvalue weighted by Gasteiger charge is 2.17. The van der Waals surface area contributed by atoms with Crippen LogP contribution in [-0.2, 0) is 0 Å². The van der Waals surface area contributed by atoms with Crippen LogP contribution in [-0.4, -0.2) is 49.2 Å². The van der Waals surface area contributed by atoms with Crippen molar-refractivity contribution in [2.75, 3.05) is 44.2 Å². The first-order valence-corrected chi connectivity index (χ1v) is 8.00. The highest BCUT2D eigenvalue weighted by Crippen LogP contribution is 2.20. The van der Waals surface area contributed by atoms with Crippen LogP contribution >= 0.6 is 0 Å². The Balaban J connectivity index is 1.62. The third-order valence-electron chi connectivity index (χ3n) is 4.26. The molecule has 1 aromatic carbocycles. The van der Waals surface area contributed by atoms with E-state index in [0.717, 1.165) is 62.4 Å². The molecule has 2 heterocycles. The molecule has 0 aliphatic carbocycles. The van der Waals surface area contributed by atoms with Gasteiger partial charge in [-0.05, 0) is 56.3 Å². The van der Waals surface area contributed by atoms with Gasteiger partial charge in [0, 0.05) is 31.6 Å². The maximum atomic E-state index is 13.2. The summed E-state index contributed by atoms with van der Waals surface area (Å²) >= 11 is 0. The first-order valence-electron chi connectivity index (χ1n) is 8.00. The molecule has 2 N–H and O–H groups in total. The summed E-state index contributed by atoms with van der Waals surface area (Å²) in [5, 5.41) is 0.851. The summed E-state index contributed by atoms with van der Waals surface area (Å²) in [5.41, 5.74) is 6.39. The number of anilines is 1. The summed E-state index contributed by atoms with van der Waals surface area (Å²) in [5.74, 6) is 0.772. The second-order valence-corrected chi connectivity index (χ2v) is 5.83. The van der Waals surface area contributed by atoms with Gasteiger partial charge in [-0.15, -0.1) is 0 Å². The molecule has 0 amide bonds. The summed E-state index contributed by atoms with van der Waals surface area (Å²) in [7, 11) is 0. The zero-order valence-corrected chi connectivity index (χ0v) is 12.8. The molecule has 0 radical (unpaired) electrons. The van der Waals surface area contributed by atoms with Gasteiger partial charge in [-0.25, -0.2) is 9.37 Å². The van der Waals surface area contributed by atoms with E-state index in [1.54, 1.807) is 6.07 Å². The van der Waals surface area contributed by atoms with Crippen LogP contribution in [0.5, 0.6) is 0 Å². The Morgan fingerprint density at radius 1 is 1.05 bits per heavy atom. The number of halogens is 1. The van der Waals surface area contributed by atoms with Crippen LogP contribution in [0.25, 0.3) is 10.9 Å². The Morgan fingerprint density at radius 3 is 2.64 bits per heavy atom. The van der Waals surface area contributed by atoms with Crippen molar-refractivity contribution in [1.82, 2.24) is 9.88 Å². The summed E-state index contributed by atoms with van der Waals surface area (Å²) in [6.07, 6.45) is 2.28. The first-order chi connectivity index (χ1) is 10.8. The van der Waals surface area contributed by atoms with Crippen LogP contribution < -0.4 is 10.6 Å².